The molecule has 1 aromatic heterocycles. The van der Waals surface area contributed by atoms with Gasteiger partial charge in [0.15, 0.2) is 0 Å². The van der Waals surface area contributed by atoms with Crippen molar-refractivity contribution in [3.8, 4) is 0 Å². The minimum atomic E-state index is -3.77. The number of hydrogen-bond acceptors (Lipinski definition) is 4. The Kier molecular flexibility index (Phi) is 5.43. The second-order valence-electron chi connectivity index (χ2n) is 6.39. The number of benzene rings is 1. The third kappa shape index (κ3) is 4.08. The fourth-order valence-corrected chi connectivity index (χ4v) is 4.55. The molecule has 1 aliphatic rings. The highest BCUT2D eigenvalue weighted by Gasteiger charge is 2.22. The fourth-order valence-electron chi connectivity index (χ4n) is 2.92. The standard InChI is InChI=1S/C18H20BrN3O4S/c1-11-16(17(19)12(2)26-11)18(23)20-13-6-8-14(9-7-13)27(24,25)21-15-5-4-10-22(15)3/h6-9H,4-5,10H2,1-3H3,(H,20,23)/b21-15+. The van der Waals surface area contributed by atoms with E-state index in [1.165, 1.54) is 12.1 Å². The Morgan fingerprint density at radius 3 is 2.41 bits per heavy atom. The highest BCUT2D eigenvalue weighted by molar-refractivity contribution is 9.10. The molecule has 7 nitrogen and oxygen atoms in total. The summed E-state index contributed by atoms with van der Waals surface area (Å²) in [4.78, 5) is 14.4. The van der Waals surface area contributed by atoms with E-state index in [4.69, 9.17) is 4.42 Å². The number of anilines is 1. The largest absolute Gasteiger partial charge is 0.465 e. The van der Waals surface area contributed by atoms with Gasteiger partial charge in [-0.05, 0) is 60.5 Å². The Bertz CT molecular complexity index is 1010. The lowest BCUT2D eigenvalue weighted by molar-refractivity contribution is 0.102. The monoisotopic (exact) mass is 453 g/mol. The average Bonchev–Trinajstić information content (AvgIpc) is 3.10. The molecule has 1 aromatic carbocycles. The Labute approximate surface area is 166 Å². The van der Waals surface area contributed by atoms with Gasteiger partial charge in [-0.3, -0.25) is 4.79 Å². The number of hydrogen-bond donors (Lipinski definition) is 1. The fraction of sp³-hybridized carbons (Fsp3) is 0.333. The van der Waals surface area contributed by atoms with Crippen LogP contribution in [0.2, 0.25) is 0 Å². The maximum atomic E-state index is 12.5. The van der Waals surface area contributed by atoms with Crippen LogP contribution in [0.3, 0.4) is 0 Å². The molecule has 0 saturated carbocycles. The maximum Gasteiger partial charge on any atom is 0.283 e. The van der Waals surface area contributed by atoms with Gasteiger partial charge in [-0.25, -0.2) is 0 Å². The quantitative estimate of drug-likeness (QED) is 0.760. The molecule has 0 aliphatic carbocycles. The third-order valence-corrected chi connectivity index (χ3v) is 6.66. The van der Waals surface area contributed by atoms with Crippen molar-refractivity contribution in [3.63, 3.8) is 0 Å². The number of sulfonamides is 1. The number of carbonyl (C=O) groups is 1. The number of nitrogens with zero attached hydrogens (tertiary/aromatic N) is 2. The number of carbonyl (C=O) groups excluding carboxylic acids is 1. The van der Waals surface area contributed by atoms with E-state index in [0.717, 1.165) is 13.0 Å². The Hall–Kier alpha value is -2.13. The molecule has 2 heterocycles. The summed E-state index contributed by atoms with van der Waals surface area (Å²) in [6.45, 7) is 4.28. The average molecular weight is 454 g/mol. The van der Waals surface area contributed by atoms with Crippen molar-refractivity contribution >= 4 is 43.4 Å². The van der Waals surface area contributed by atoms with Crippen LogP contribution in [0.25, 0.3) is 0 Å². The zero-order valence-corrected chi connectivity index (χ0v) is 17.6. The van der Waals surface area contributed by atoms with Gasteiger partial charge < -0.3 is 14.6 Å². The number of amides is 1. The van der Waals surface area contributed by atoms with Gasteiger partial charge in [-0.15, -0.1) is 4.40 Å². The molecule has 1 amide bonds. The second kappa shape index (κ2) is 7.47. The summed E-state index contributed by atoms with van der Waals surface area (Å²) in [5.41, 5.74) is 0.898. The van der Waals surface area contributed by atoms with E-state index in [1.807, 2.05) is 11.9 Å². The van der Waals surface area contributed by atoms with Crippen molar-refractivity contribution in [2.45, 2.75) is 31.6 Å². The highest BCUT2D eigenvalue weighted by atomic mass is 79.9. The molecule has 0 bridgehead atoms. The van der Waals surface area contributed by atoms with Crippen LogP contribution in [-0.4, -0.2) is 38.7 Å². The number of rotatable bonds is 4. The molecule has 3 rings (SSSR count). The second-order valence-corrected chi connectivity index (χ2v) is 8.79. The summed E-state index contributed by atoms with van der Waals surface area (Å²) in [5.74, 6) is 1.37. The number of nitrogens with one attached hydrogen (secondary N) is 1. The van der Waals surface area contributed by atoms with Crippen LogP contribution < -0.4 is 5.32 Å². The first kappa shape index (κ1) is 19.6. The van der Waals surface area contributed by atoms with Gasteiger partial charge in [0.05, 0.1) is 14.9 Å². The Morgan fingerprint density at radius 1 is 1.22 bits per heavy atom. The molecule has 1 N–H and O–H groups in total. The molecule has 0 radical (unpaired) electrons. The Balaban J connectivity index is 1.78. The molecular formula is C18H20BrN3O4S. The van der Waals surface area contributed by atoms with Crippen molar-refractivity contribution in [1.82, 2.24) is 4.90 Å². The van der Waals surface area contributed by atoms with E-state index in [0.29, 0.717) is 39.5 Å². The summed E-state index contributed by atoms with van der Waals surface area (Å²) < 4.78 is 34.9. The maximum absolute atomic E-state index is 12.5. The van der Waals surface area contributed by atoms with Gasteiger partial charge >= 0.3 is 0 Å². The molecular weight excluding hydrogens is 434 g/mol. The highest BCUT2D eigenvalue weighted by Crippen LogP contribution is 2.28. The number of furan rings is 1. The van der Waals surface area contributed by atoms with E-state index >= 15 is 0 Å². The number of amidine groups is 1. The van der Waals surface area contributed by atoms with E-state index < -0.39 is 10.0 Å². The zero-order valence-electron chi connectivity index (χ0n) is 15.2. The normalized spacial score (nSPS) is 16.1. The SMILES string of the molecule is Cc1oc(C)c(C(=O)Nc2ccc(S(=O)(=O)/N=C3\CCCN3C)cc2)c1Br. The molecule has 1 aliphatic heterocycles. The van der Waals surface area contributed by atoms with Crippen molar-refractivity contribution < 1.29 is 17.6 Å². The third-order valence-electron chi connectivity index (χ3n) is 4.38. The lowest BCUT2D eigenvalue weighted by Crippen LogP contribution is -2.20. The van der Waals surface area contributed by atoms with Crippen molar-refractivity contribution in [2.75, 3.05) is 18.9 Å². The van der Waals surface area contributed by atoms with Crippen LogP contribution in [0, 0.1) is 13.8 Å². The van der Waals surface area contributed by atoms with E-state index in [-0.39, 0.29) is 10.8 Å². The van der Waals surface area contributed by atoms with Gasteiger partial charge in [-0.2, -0.15) is 8.42 Å². The smallest absolute Gasteiger partial charge is 0.283 e. The lowest BCUT2D eigenvalue weighted by Gasteiger charge is -2.11. The summed E-state index contributed by atoms with van der Waals surface area (Å²) in [6.07, 6.45) is 1.56. The minimum Gasteiger partial charge on any atom is -0.465 e. The molecule has 0 atom stereocenters. The van der Waals surface area contributed by atoms with Crippen LogP contribution in [0.15, 0.2) is 42.4 Å². The molecule has 2 aromatic rings. The molecule has 144 valence electrons. The summed E-state index contributed by atoms with van der Waals surface area (Å²) in [5, 5.41) is 2.74. The van der Waals surface area contributed by atoms with Gasteiger partial charge in [0, 0.05) is 25.7 Å². The van der Waals surface area contributed by atoms with Crippen LogP contribution in [0.5, 0.6) is 0 Å². The number of aryl methyl sites for hydroxylation is 2. The van der Waals surface area contributed by atoms with Crippen molar-refractivity contribution in [2.24, 2.45) is 4.40 Å². The van der Waals surface area contributed by atoms with Crippen LogP contribution in [0.4, 0.5) is 5.69 Å². The van der Waals surface area contributed by atoms with Crippen molar-refractivity contribution in [1.29, 1.82) is 0 Å². The van der Waals surface area contributed by atoms with Crippen LogP contribution in [-0.2, 0) is 10.0 Å². The van der Waals surface area contributed by atoms with Gasteiger partial charge in [0.25, 0.3) is 15.9 Å². The van der Waals surface area contributed by atoms with Crippen LogP contribution >= 0.6 is 15.9 Å². The Morgan fingerprint density at radius 2 is 1.89 bits per heavy atom. The first-order chi connectivity index (χ1) is 12.7. The van der Waals surface area contributed by atoms with E-state index in [2.05, 4.69) is 25.6 Å². The van der Waals surface area contributed by atoms with Gasteiger partial charge in [0.1, 0.15) is 17.4 Å². The molecule has 0 spiro atoms. The topological polar surface area (TPSA) is 92.0 Å². The van der Waals surface area contributed by atoms with Gasteiger partial charge in [-0.1, -0.05) is 0 Å². The first-order valence-corrected chi connectivity index (χ1v) is 10.6. The predicted octanol–water partition coefficient (Wildman–Crippen LogP) is 3.72. The summed E-state index contributed by atoms with van der Waals surface area (Å²) in [6, 6.07) is 5.96. The number of halogens is 1. The molecule has 1 saturated heterocycles. The molecule has 0 unspecified atom stereocenters. The van der Waals surface area contributed by atoms with Gasteiger partial charge in [0.2, 0.25) is 0 Å². The molecule has 9 heteroatoms. The first-order valence-electron chi connectivity index (χ1n) is 8.41. The predicted molar refractivity (Wildman–Crippen MR) is 107 cm³/mol. The zero-order chi connectivity index (χ0) is 19.8. The summed E-state index contributed by atoms with van der Waals surface area (Å²) in [7, 11) is -1.94. The molecule has 1 fully saturated rings. The summed E-state index contributed by atoms with van der Waals surface area (Å²) >= 11 is 3.35. The molecule has 27 heavy (non-hydrogen) atoms. The van der Waals surface area contributed by atoms with Crippen molar-refractivity contribution in [3.05, 3.63) is 45.8 Å². The number of likely N-dealkylation sites (tertiary alicyclic amines) is 1. The van der Waals surface area contributed by atoms with E-state index in [1.54, 1.807) is 26.0 Å². The van der Waals surface area contributed by atoms with Crippen LogP contribution in [0.1, 0.15) is 34.7 Å². The lowest BCUT2D eigenvalue weighted by atomic mass is 10.2. The van der Waals surface area contributed by atoms with E-state index in [9.17, 15) is 13.2 Å². The minimum absolute atomic E-state index is 0.0878.